The molecule has 0 unspecified atom stereocenters. The van der Waals surface area contributed by atoms with Crippen LogP contribution in [-0.4, -0.2) is 62.4 Å². The van der Waals surface area contributed by atoms with Crippen LogP contribution >= 0.6 is 11.8 Å². The number of benzene rings is 2. The zero-order valence-corrected chi connectivity index (χ0v) is 18.3. The Hall–Kier alpha value is -2.87. The fraction of sp³-hybridized carbons (Fsp3) is 0.364. The molecule has 1 saturated heterocycles. The van der Waals surface area contributed by atoms with E-state index in [2.05, 4.69) is 32.6 Å². The molecule has 7 nitrogen and oxygen atoms in total. The van der Waals surface area contributed by atoms with Gasteiger partial charge in [-0.1, -0.05) is 48.2 Å². The van der Waals surface area contributed by atoms with Gasteiger partial charge in [0.05, 0.1) is 10.9 Å². The van der Waals surface area contributed by atoms with Crippen LogP contribution in [0.5, 0.6) is 0 Å². The molecule has 0 saturated carbocycles. The topological polar surface area (TPSA) is 67.2 Å². The molecule has 1 fully saturated rings. The molecule has 3 aromatic rings. The third-order valence-electron chi connectivity index (χ3n) is 5.43. The molecular formula is C22H26N6OS. The minimum Gasteiger partial charge on any atom is -0.368 e. The minimum atomic E-state index is -0.262. The van der Waals surface area contributed by atoms with E-state index in [0.29, 0.717) is 5.16 Å². The van der Waals surface area contributed by atoms with Crippen molar-refractivity contribution >= 4 is 23.4 Å². The third-order valence-corrected chi connectivity index (χ3v) is 6.46. The van der Waals surface area contributed by atoms with E-state index in [-0.39, 0.29) is 11.2 Å². The van der Waals surface area contributed by atoms with Crippen LogP contribution in [-0.2, 0) is 4.79 Å². The Labute approximate surface area is 181 Å². The van der Waals surface area contributed by atoms with Gasteiger partial charge >= 0.3 is 0 Å². The Morgan fingerprint density at radius 1 is 0.967 bits per heavy atom. The van der Waals surface area contributed by atoms with Crippen molar-refractivity contribution in [3.8, 4) is 5.69 Å². The largest absolute Gasteiger partial charge is 0.368 e. The van der Waals surface area contributed by atoms with Crippen LogP contribution in [0.25, 0.3) is 5.69 Å². The number of anilines is 1. The van der Waals surface area contributed by atoms with Gasteiger partial charge in [0, 0.05) is 31.9 Å². The van der Waals surface area contributed by atoms with Gasteiger partial charge < -0.3 is 9.80 Å². The highest BCUT2D eigenvalue weighted by molar-refractivity contribution is 8.00. The van der Waals surface area contributed by atoms with E-state index in [1.165, 1.54) is 17.4 Å². The number of carbonyl (C=O) groups excluding carboxylic acids is 1. The summed E-state index contributed by atoms with van der Waals surface area (Å²) in [5.74, 6) is 0.128. The number of carbonyl (C=O) groups is 1. The standard InChI is InChI=1S/C22H26N6OS/c1-16-8-7-9-17(2)20(16)28-22(23-24-25-28)30-18(3)21(29)27-14-12-26(13-15-27)19-10-5-4-6-11-19/h4-11,18H,12-15H2,1-3H3/t18-/m1/s1. The summed E-state index contributed by atoms with van der Waals surface area (Å²) in [5, 5.41) is 12.6. The highest BCUT2D eigenvalue weighted by Gasteiger charge is 2.27. The first-order valence-electron chi connectivity index (χ1n) is 10.1. The Morgan fingerprint density at radius 2 is 1.63 bits per heavy atom. The van der Waals surface area contributed by atoms with Crippen molar-refractivity contribution in [2.45, 2.75) is 31.2 Å². The number of nitrogens with zero attached hydrogens (tertiary/aromatic N) is 6. The summed E-state index contributed by atoms with van der Waals surface area (Å²) in [6.45, 7) is 9.14. The fourth-order valence-electron chi connectivity index (χ4n) is 3.82. The number of aromatic nitrogens is 4. The van der Waals surface area contributed by atoms with E-state index in [4.69, 9.17) is 0 Å². The molecule has 4 rings (SSSR count). The van der Waals surface area contributed by atoms with Crippen LogP contribution in [0.15, 0.2) is 53.7 Å². The van der Waals surface area contributed by atoms with Crippen molar-refractivity contribution in [2.24, 2.45) is 0 Å². The lowest BCUT2D eigenvalue weighted by Gasteiger charge is -2.37. The molecule has 1 aliphatic rings. The van der Waals surface area contributed by atoms with E-state index in [1.54, 1.807) is 4.68 Å². The average molecular weight is 423 g/mol. The van der Waals surface area contributed by atoms with Gasteiger partial charge in [-0.2, -0.15) is 4.68 Å². The van der Waals surface area contributed by atoms with Gasteiger partial charge in [-0.05, 0) is 54.5 Å². The Balaban J connectivity index is 1.41. The van der Waals surface area contributed by atoms with Crippen LogP contribution in [0.4, 0.5) is 5.69 Å². The number of hydrogen-bond acceptors (Lipinski definition) is 6. The van der Waals surface area contributed by atoms with E-state index in [9.17, 15) is 4.79 Å². The molecule has 0 N–H and O–H groups in total. The fourth-order valence-corrected chi connectivity index (χ4v) is 4.70. The number of hydrogen-bond donors (Lipinski definition) is 0. The van der Waals surface area contributed by atoms with Crippen LogP contribution in [0, 0.1) is 13.8 Å². The van der Waals surface area contributed by atoms with Crippen molar-refractivity contribution in [3.63, 3.8) is 0 Å². The molecule has 1 aromatic heterocycles. The van der Waals surface area contributed by atoms with Crippen molar-refractivity contribution < 1.29 is 4.79 Å². The first-order chi connectivity index (χ1) is 14.5. The van der Waals surface area contributed by atoms with Gasteiger partial charge in [-0.25, -0.2) is 0 Å². The number of aryl methyl sites for hydroxylation is 2. The molecule has 0 bridgehead atoms. The van der Waals surface area contributed by atoms with Crippen LogP contribution in [0.3, 0.4) is 0 Å². The normalized spacial score (nSPS) is 15.3. The second-order valence-electron chi connectivity index (χ2n) is 7.52. The Morgan fingerprint density at radius 3 is 2.30 bits per heavy atom. The van der Waals surface area contributed by atoms with Crippen LogP contribution in [0.1, 0.15) is 18.1 Å². The van der Waals surface area contributed by atoms with Gasteiger partial charge in [-0.15, -0.1) is 5.10 Å². The number of piperazine rings is 1. The van der Waals surface area contributed by atoms with E-state index >= 15 is 0 Å². The van der Waals surface area contributed by atoms with Crippen molar-refractivity contribution in [3.05, 3.63) is 59.7 Å². The first kappa shape index (κ1) is 20.4. The van der Waals surface area contributed by atoms with Crippen molar-refractivity contribution in [2.75, 3.05) is 31.1 Å². The van der Waals surface area contributed by atoms with Gasteiger partial charge in [0.1, 0.15) is 0 Å². The molecule has 156 valence electrons. The molecule has 0 spiro atoms. The molecule has 30 heavy (non-hydrogen) atoms. The highest BCUT2D eigenvalue weighted by Crippen LogP contribution is 2.27. The highest BCUT2D eigenvalue weighted by atomic mass is 32.2. The second-order valence-corrected chi connectivity index (χ2v) is 8.83. The summed E-state index contributed by atoms with van der Waals surface area (Å²) in [4.78, 5) is 17.3. The summed E-state index contributed by atoms with van der Waals surface area (Å²) in [5.41, 5.74) is 4.38. The predicted octanol–water partition coefficient (Wildman–Crippen LogP) is 3.11. The zero-order valence-electron chi connectivity index (χ0n) is 17.5. The number of para-hydroxylation sites is 2. The average Bonchev–Trinajstić information content (AvgIpc) is 3.21. The number of tetrazole rings is 1. The quantitative estimate of drug-likeness (QED) is 0.589. The SMILES string of the molecule is Cc1cccc(C)c1-n1nnnc1S[C@H](C)C(=O)N1CCN(c2ccccc2)CC1. The Bertz CT molecular complexity index is 993. The maximum Gasteiger partial charge on any atom is 0.236 e. The lowest BCUT2D eigenvalue weighted by Crippen LogP contribution is -2.50. The van der Waals surface area contributed by atoms with Gasteiger partial charge in [0.15, 0.2) is 0 Å². The van der Waals surface area contributed by atoms with E-state index < -0.39 is 0 Å². The molecule has 1 amide bonds. The van der Waals surface area contributed by atoms with Gasteiger partial charge in [0.25, 0.3) is 0 Å². The monoisotopic (exact) mass is 422 g/mol. The molecule has 2 aromatic carbocycles. The summed E-state index contributed by atoms with van der Waals surface area (Å²) in [7, 11) is 0. The lowest BCUT2D eigenvalue weighted by atomic mass is 10.1. The maximum atomic E-state index is 13.1. The van der Waals surface area contributed by atoms with E-state index in [1.807, 2.05) is 62.1 Å². The summed E-state index contributed by atoms with van der Waals surface area (Å²) < 4.78 is 1.74. The summed E-state index contributed by atoms with van der Waals surface area (Å²) in [6.07, 6.45) is 0. The van der Waals surface area contributed by atoms with Crippen LogP contribution in [0.2, 0.25) is 0 Å². The van der Waals surface area contributed by atoms with E-state index in [0.717, 1.165) is 43.0 Å². The zero-order chi connectivity index (χ0) is 21.1. The second kappa shape index (κ2) is 8.87. The maximum absolute atomic E-state index is 13.1. The molecule has 1 atom stereocenters. The van der Waals surface area contributed by atoms with Crippen LogP contribution < -0.4 is 4.90 Å². The van der Waals surface area contributed by atoms with Crippen molar-refractivity contribution in [1.82, 2.24) is 25.1 Å². The number of amides is 1. The molecule has 2 heterocycles. The van der Waals surface area contributed by atoms with Gasteiger partial charge in [0.2, 0.25) is 11.1 Å². The molecule has 8 heteroatoms. The molecular weight excluding hydrogens is 396 g/mol. The lowest BCUT2D eigenvalue weighted by molar-refractivity contribution is -0.130. The van der Waals surface area contributed by atoms with Crippen molar-refractivity contribution in [1.29, 1.82) is 0 Å². The molecule has 0 radical (unpaired) electrons. The number of rotatable bonds is 5. The minimum absolute atomic E-state index is 0.128. The van der Waals surface area contributed by atoms with Gasteiger partial charge in [-0.3, -0.25) is 4.79 Å². The Kier molecular flexibility index (Phi) is 6.03. The predicted molar refractivity (Wildman–Crippen MR) is 119 cm³/mol. The first-order valence-corrected chi connectivity index (χ1v) is 11.0. The summed E-state index contributed by atoms with van der Waals surface area (Å²) >= 11 is 1.41. The molecule has 0 aliphatic carbocycles. The number of thioether (sulfide) groups is 1. The summed E-state index contributed by atoms with van der Waals surface area (Å²) in [6, 6.07) is 16.4. The third kappa shape index (κ3) is 4.18. The molecule has 1 aliphatic heterocycles. The smallest absolute Gasteiger partial charge is 0.236 e.